The molecule has 6 aliphatic rings. The Kier molecular flexibility index (Phi) is 8.80. The van der Waals surface area contributed by atoms with Gasteiger partial charge in [-0.2, -0.15) is 0 Å². The van der Waals surface area contributed by atoms with Crippen molar-refractivity contribution < 1.29 is 9.59 Å². The number of nitrogens with zero attached hydrogens (tertiary/aromatic N) is 3. The molecule has 0 radical (unpaired) electrons. The average molecular weight is 544 g/mol. The number of amides is 3. The lowest BCUT2D eigenvalue weighted by Crippen LogP contribution is -2.69. The molecule has 3 saturated carbocycles. The maximum Gasteiger partial charge on any atom is 0.328 e. The van der Waals surface area contributed by atoms with E-state index in [1.165, 1.54) is 88.5 Å². The number of nitrogens with one attached hydrogen (secondary N) is 3. The lowest BCUT2D eigenvalue weighted by molar-refractivity contribution is -0.139. The Morgan fingerprint density at radius 1 is 0.872 bits per heavy atom. The van der Waals surface area contributed by atoms with E-state index < -0.39 is 0 Å². The molecule has 6 fully saturated rings. The third kappa shape index (κ3) is 5.76. The van der Waals surface area contributed by atoms with Gasteiger partial charge in [-0.25, -0.2) is 15.2 Å². The molecular formula is C30H53N7O2. The van der Waals surface area contributed by atoms with Crippen LogP contribution in [-0.4, -0.2) is 83.4 Å². The second kappa shape index (κ2) is 12.3. The van der Waals surface area contributed by atoms with Crippen LogP contribution in [0, 0.1) is 17.8 Å². The first-order valence-corrected chi connectivity index (χ1v) is 16.4. The molecule has 3 heterocycles. The molecule has 0 spiro atoms. The number of carbonyl (C=O) groups is 2. The van der Waals surface area contributed by atoms with E-state index in [2.05, 4.69) is 21.1 Å². The van der Waals surface area contributed by atoms with Gasteiger partial charge < -0.3 is 16.0 Å². The van der Waals surface area contributed by atoms with E-state index in [4.69, 9.17) is 5.73 Å². The lowest BCUT2D eigenvalue weighted by Gasteiger charge is -2.47. The minimum Gasteiger partial charge on any atom is -0.326 e. The van der Waals surface area contributed by atoms with E-state index in [1.807, 2.05) is 4.90 Å². The fourth-order valence-electron chi connectivity index (χ4n) is 8.85. The smallest absolute Gasteiger partial charge is 0.326 e. The minimum absolute atomic E-state index is 0.0180. The summed E-state index contributed by atoms with van der Waals surface area (Å²) in [6.07, 6.45) is 18.9. The van der Waals surface area contributed by atoms with Crippen LogP contribution in [0.2, 0.25) is 0 Å². The number of hydrazine groups is 1. The largest absolute Gasteiger partial charge is 0.328 e. The van der Waals surface area contributed by atoms with Gasteiger partial charge >= 0.3 is 6.03 Å². The molecule has 6 rings (SSSR count). The van der Waals surface area contributed by atoms with Crippen LogP contribution < -0.4 is 21.8 Å². The summed E-state index contributed by atoms with van der Waals surface area (Å²) in [5.74, 6) is 1.05. The van der Waals surface area contributed by atoms with Gasteiger partial charge in [0.25, 0.3) is 0 Å². The fourth-order valence-corrected chi connectivity index (χ4v) is 8.85. The van der Waals surface area contributed by atoms with E-state index in [1.54, 1.807) is 7.05 Å². The zero-order chi connectivity index (χ0) is 26.9. The molecule has 9 nitrogen and oxygen atoms in total. The van der Waals surface area contributed by atoms with E-state index in [-0.39, 0.29) is 42.3 Å². The van der Waals surface area contributed by atoms with Gasteiger partial charge in [0.05, 0.1) is 12.2 Å². The molecule has 0 aromatic rings. The zero-order valence-electron chi connectivity index (χ0n) is 24.2. The molecule has 6 unspecified atom stereocenters. The standard InChI is InChI=1S/C30H53N7O2/c1-35-29(38)26-27(33-22-9-3-2-4-10-22)36(19-20-14-16-21(17-15-20)24-12-7-8-18-32-24)34-28(26)37(30(35)39)25-13-6-5-11-23(25)31/h20-28,32-34H,2-19,31H2,1H3. The molecule has 39 heavy (non-hydrogen) atoms. The van der Waals surface area contributed by atoms with Crippen LogP contribution in [-0.2, 0) is 4.79 Å². The van der Waals surface area contributed by atoms with Crippen molar-refractivity contribution >= 4 is 11.9 Å². The van der Waals surface area contributed by atoms with Crippen molar-refractivity contribution in [3.8, 4) is 0 Å². The normalized spacial score (nSPS) is 41.2. The Morgan fingerprint density at radius 2 is 1.59 bits per heavy atom. The fraction of sp³-hybridized carbons (Fsp3) is 0.933. The second-order valence-corrected chi connectivity index (χ2v) is 13.6. The van der Waals surface area contributed by atoms with Gasteiger partial charge in [0.2, 0.25) is 5.91 Å². The quantitative estimate of drug-likeness (QED) is 0.408. The van der Waals surface area contributed by atoms with Crippen molar-refractivity contribution in [3.05, 3.63) is 0 Å². The lowest BCUT2D eigenvalue weighted by atomic mass is 9.76. The SMILES string of the molecule is CN1C(=O)C2C(NC3CCCCC3)N(CC3CCC(C4CCCCN4)CC3)NC2N(C2CCCCC2N)C1=O. The molecule has 3 amide bonds. The van der Waals surface area contributed by atoms with Gasteiger partial charge in [0.15, 0.2) is 0 Å². The van der Waals surface area contributed by atoms with Crippen LogP contribution >= 0.6 is 0 Å². The Hall–Kier alpha value is -1.26. The highest BCUT2D eigenvalue weighted by Crippen LogP contribution is 2.38. The third-order valence-corrected chi connectivity index (χ3v) is 11.2. The first kappa shape index (κ1) is 27.9. The van der Waals surface area contributed by atoms with Crippen LogP contribution in [0.5, 0.6) is 0 Å². The topological polar surface area (TPSA) is 106 Å². The van der Waals surface area contributed by atoms with E-state index in [0.29, 0.717) is 18.0 Å². The van der Waals surface area contributed by atoms with Crippen LogP contribution in [0.25, 0.3) is 0 Å². The summed E-state index contributed by atoms with van der Waals surface area (Å²) in [5, 5.41) is 10.1. The van der Waals surface area contributed by atoms with E-state index >= 15 is 0 Å². The number of hydrogen-bond donors (Lipinski definition) is 4. The van der Waals surface area contributed by atoms with Gasteiger partial charge in [-0.05, 0) is 82.6 Å². The van der Waals surface area contributed by atoms with Crippen LogP contribution in [0.4, 0.5) is 4.79 Å². The van der Waals surface area contributed by atoms with Crippen molar-refractivity contribution in [2.75, 3.05) is 20.1 Å². The third-order valence-electron chi connectivity index (χ3n) is 11.2. The maximum absolute atomic E-state index is 13.8. The number of fused-ring (bicyclic) bond motifs is 1. The maximum atomic E-state index is 13.8. The first-order valence-electron chi connectivity index (χ1n) is 16.4. The average Bonchev–Trinajstić information content (AvgIpc) is 3.31. The molecule has 220 valence electrons. The zero-order valence-corrected chi connectivity index (χ0v) is 24.2. The summed E-state index contributed by atoms with van der Waals surface area (Å²) in [4.78, 5) is 30.7. The Morgan fingerprint density at radius 3 is 2.31 bits per heavy atom. The summed E-state index contributed by atoms with van der Waals surface area (Å²) in [6, 6.07) is 0.904. The monoisotopic (exact) mass is 543 g/mol. The van der Waals surface area contributed by atoms with Crippen molar-refractivity contribution in [3.63, 3.8) is 0 Å². The predicted molar refractivity (Wildman–Crippen MR) is 152 cm³/mol. The molecule has 9 heteroatoms. The highest BCUT2D eigenvalue weighted by Gasteiger charge is 2.57. The van der Waals surface area contributed by atoms with Crippen LogP contribution in [0.15, 0.2) is 0 Å². The molecule has 6 atom stereocenters. The number of hydrogen-bond acceptors (Lipinski definition) is 7. The number of urea groups is 1. The summed E-state index contributed by atoms with van der Waals surface area (Å²) < 4.78 is 0. The number of rotatable bonds is 6. The molecular weight excluding hydrogens is 490 g/mol. The summed E-state index contributed by atoms with van der Waals surface area (Å²) in [7, 11) is 1.67. The number of nitrogens with two attached hydrogens (primary N) is 1. The summed E-state index contributed by atoms with van der Waals surface area (Å²) in [5.41, 5.74) is 10.4. The van der Waals surface area contributed by atoms with Crippen LogP contribution in [0.1, 0.15) is 103 Å². The molecule has 0 aromatic heterocycles. The van der Waals surface area contributed by atoms with Gasteiger partial charge in [-0.3, -0.25) is 15.0 Å². The van der Waals surface area contributed by atoms with Gasteiger partial charge in [-0.1, -0.05) is 38.5 Å². The van der Waals surface area contributed by atoms with Crippen molar-refractivity contribution in [2.24, 2.45) is 23.5 Å². The molecule has 3 saturated heterocycles. The van der Waals surface area contributed by atoms with Gasteiger partial charge in [-0.15, -0.1) is 0 Å². The Bertz CT molecular complexity index is 852. The molecule has 0 bridgehead atoms. The highest BCUT2D eigenvalue weighted by molar-refractivity contribution is 5.99. The second-order valence-electron chi connectivity index (χ2n) is 13.6. The van der Waals surface area contributed by atoms with Gasteiger partial charge in [0.1, 0.15) is 12.1 Å². The minimum atomic E-state index is -0.320. The molecule has 3 aliphatic carbocycles. The highest BCUT2D eigenvalue weighted by atomic mass is 16.2. The number of piperidine rings is 1. The van der Waals surface area contributed by atoms with Crippen molar-refractivity contribution in [1.82, 2.24) is 30.9 Å². The van der Waals surface area contributed by atoms with Crippen LogP contribution in [0.3, 0.4) is 0 Å². The van der Waals surface area contributed by atoms with Crippen molar-refractivity contribution in [2.45, 2.75) is 139 Å². The molecule has 0 aromatic carbocycles. The summed E-state index contributed by atoms with van der Waals surface area (Å²) >= 11 is 0. The number of imide groups is 1. The molecule has 3 aliphatic heterocycles. The molecule has 5 N–H and O–H groups in total. The van der Waals surface area contributed by atoms with E-state index in [9.17, 15) is 9.59 Å². The summed E-state index contributed by atoms with van der Waals surface area (Å²) in [6.45, 7) is 2.11. The Balaban J connectivity index is 1.20. The Labute approximate surface area is 235 Å². The predicted octanol–water partition coefficient (Wildman–Crippen LogP) is 3.11. The first-order chi connectivity index (χ1) is 19.0. The van der Waals surface area contributed by atoms with Crippen molar-refractivity contribution in [1.29, 1.82) is 0 Å². The van der Waals surface area contributed by atoms with Gasteiger partial charge in [0, 0.05) is 31.7 Å². The van der Waals surface area contributed by atoms with E-state index in [0.717, 1.165) is 38.1 Å². The number of carbonyl (C=O) groups excluding carboxylic acids is 2.